The van der Waals surface area contributed by atoms with E-state index in [9.17, 15) is 4.79 Å². The summed E-state index contributed by atoms with van der Waals surface area (Å²) in [5, 5.41) is 7.53. The Morgan fingerprint density at radius 1 is 0.957 bits per heavy atom. The van der Waals surface area contributed by atoms with Crippen LogP contribution in [0.3, 0.4) is 0 Å². The molecule has 3 rings (SSSR count). The Morgan fingerprint density at radius 2 is 1.70 bits per heavy atom. The number of urea groups is 1. The van der Waals surface area contributed by atoms with E-state index in [1.165, 1.54) is 5.56 Å². The number of hydrogen-bond donors (Lipinski definition) is 3. The smallest absolute Gasteiger partial charge is 0.326 e. The monoisotopic (exact) mass is 307 g/mol. The summed E-state index contributed by atoms with van der Waals surface area (Å²) in [7, 11) is 0. The molecule has 0 fully saturated rings. The molecule has 0 aliphatic heterocycles. The van der Waals surface area contributed by atoms with Crippen LogP contribution in [0.5, 0.6) is 0 Å². The van der Waals surface area contributed by atoms with Gasteiger partial charge in [-0.1, -0.05) is 29.8 Å². The Morgan fingerprint density at radius 3 is 2.48 bits per heavy atom. The van der Waals surface area contributed by atoms with Gasteiger partial charge in [-0.25, -0.2) is 9.78 Å². The minimum absolute atomic E-state index is 0.177. The molecule has 0 saturated heterocycles. The SMILES string of the molecule is Cc1ccc2cc(NC(=O)Nc3nc(C)cc(N)n3)ccc2c1. The summed E-state index contributed by atoms with van der Waals surface area (Å²) in [6, 6.07) is 13.1. The van der Waals surface area contributed by atoms with E-state index in [1.54, 1.807) is 13.0 Å². The molecule has 4 N–H and O–H groups in total. The highest BCUT2D eigenvalue weighted by molar-refractivity contribution is 6.00. The minimum atomic E-state index is -0.415. The third-order valence-corrected chi connectivity index (χ3v) is 3.35. The van der Waals surface area contributed by atoms with Crippen LogP contribution in [0, 0.1) is 13.8 Å². The second-order valence-corrected chi connectivity index (χ2v) is 5.40. The Hall–Kier alpha value is -3.15. The highest BCUT2D eigenvalue weighted by Crippen LogP contribution is 2.20. The van der Waals surface area contributed by atoms with Crippen LogP contribution >= 0.6 is 0 Å². The predicted octanol–water partition coefficient (Wildman–Crippen LogP) is 3.47. The minimum Gasteiger partial charge on any atom is -0.384 e. The van der Waals surface area contributed by atoms with Crippen molar-refractivity contribution in [1.82, 2.24) is 9.97 Å². The Balaban J connectivity index is 1.75. The third-order valence-electron chi connectivity index (χ3n) is 3.35. The molecule has 23 heavy (non-hydrogen) atoms. The number of carbonyl (C=O) groups excluding carboxylic acids is 1. The van der Waals surface area contributed by atoms with E-state index in [0.29, 0.717) is 17.2 Å². The van der Waals surface area contributed by atoms with Crippen LogP contribution in [0.4, 0.5) is 22.2 Å². The summed E-state index contributed by atoms with van der Waals surface area (Å²) in [5.74, 6) is 0.491. The Bertz CT molecular complexity index is 871. The molecule has 0 bridgehead atoms. The molecule has 0 aliphatic rings. The first-order chi connectivity index (χ1) is 11.0. The molecular formula is C17H17N5O. The molecule has 0 unspecified atom stereocenters. The molecule has 0 radical (unpaired) electrons. The van der Waals surface area contributed by atoms with Crippen molar-refractivity contribution in [2.45, 2.75) is 13.8 Å². The van der Waals surface area contributed by atoms with Gasteiger partial charge in [-0.15, -0.1) is 0 Å². The fourth-order valence-electron chi connectivity index (χ4n) is 2.36. The lowest BCUT2D eigenvalue weighted by Gasteiger charge is -2.08. The number of hydrogen-bond acceptors (Lipinski definition) is 4. The van der Waals surface area contributed by atoms with Crippen molar-refractivity contribution in [3.05, 3.63) is 53.7 Å². The molecular weight excluding hydrogens is 290 g/mol. The number of nitrogens with two attached hydrogens (primary N) is 1. The number of amides is 2. The molecule has 3 aromatic rings. The molecule has 2 aromatic carbocycles. The number of fused-ring (bicyclic) bond motifs is 1. The summed E-state index contributed by atoms with van der Waals surface area (Å²) >= 11 is 0. The number of anilines is 3. The molecule has 6 heteroatoms. The van der Waals surface area contributed by atoms with Gasteiger partial charge < -0.3 is 11.1 Å². The number of nitrogens with zero attached hydrogens (tertiary/aromatic N) is 2. The number of rotatable bonds is 2. The van der Waals surface area contributed by atoms with Gasteiger partial charge in [-0.2, -0.15) is 4.98 Å². The quantitative estimate of drug-likeness (QED) is 0.676. The largest absolute Gasteiger partial charge is 0.384 e. The Labute approximate surface area is 133 Å². The van der Waals surface area contributed by atoms with Gasteiger partial charge in [0.15, 0.2) is 0 Å². The highest BCUT2D eigenvalue weighted by atomic mass is 16.2. The van der Waals surface area contributed by atoms with Crippen LogP contribution in [-0.4, -0.2) is 16.0 Å². The zero-order valence-corrected chi connectivity index (χ0v) is 12.9. The molecule has 0 spiro atoms. The van der Waals surface area contributed by atoms with Gasteiger partial charge in [0.05, 0.1) is 0 Å². The van der Waals surface area contributed by atoms with E-state index >= 15 is 0 Å². The first kappa shape index (κ1) is 14.8. The number of nitrogen functional groups attached to an aromatic ring is 1. The molecule has 1 aromatic heterocycles. The summed E-state index contributed by atoms with van der Waals surface area (Å²) in [6.45, 7) is 3.83. The average molecular weight is 307 g/mol. The van der Waals surface area contributed by atoms with Gasteiger partial charge in [-0.3, -0.25) is 5.32 Å². The Kier molecular flexibility index (Phi) is 3.80. The van der Waals surface area contributed by atoms with Crippen molar-refractivity contribution in [1.29, 1.82) is 0 Å². The number of carbonyl (C=O) groups is 1. The number of aromatic nitrogens is 2. The standard InChI is InChI=1S/C17H17N5O/c1-10-3-4-13-9-14(6-5-12(13)7-10)20-17(23)22-16-19-11(2)8-15(18)21-16/h3-9H,1-2H3,(H4,18,19,20,21,22,23). The van der Waals surface area contributed by atoms with Crippen molar-refractivity contribution >= 4 is 34.3 Å². The van der Waals surface area contributed by atoms with Gasteiger partial charge in [0, 0.05) is 17.4 Å². The number of benzene rings is 2. The molecule has 6 nitrogen and oxygen atoms in total. The number of nitrogens with one attached hydrogen (secondary N) is 2. The zero-order valence-electron chi connectivity index (χ0n) is 12.9. The van der Waals surface area contributed by atoms with E-state index in [4.69, 9.17) is 5.73 Å². The maximum atomic E-state index is 12.1. The van der Waals surface area contributed by atoms with Crippen molar-refractivity contribution in [3.8, 4) is 0 Å². The number of aryl methyl sites for hydroxylation is 2. The topological polar surface area (TPSA) is 92.9 Å². The van der Waals surface area contributed by atoms with Gasteiger partial charge >= 0.3 is 6.03 Å². The summed E-state index contributed by atoms with van der Waals surface area (Å²) < 4.78 is 0. The predicted molar refractivity (Wildman–Crippen MR) is 92.5 cm³/mol. The fourth-order valence-corrected chi connectivity index (χ4v) is 2.36. The van der Waals surface area contributed by atoms with Crippen molar-refractivity contribution < 1.29 is 4.79 Å². The van der Waals surface area contributed by atoms with Crippen LogP contribution in [0.25, 0.3) is 10.8 Å². The lowest BCUT2D eigenvalue weighted by molar-refractivity contribution is 0.262. The van der Waals surface area contributed by atoms with Gasteiger partial charge in [0.25, 0.3) is 0 Å². The molecule has 0 saturated carbocycles. The molecule has 2 amide bonds. The summed E-state index contributed by atoms with van der Waals surface area (Å²) in [6.07, 6.45) is 0. The van der Waals surface area contributed by atoms with Crippen molar-refractivity contribution in [3.63, 3.8) is 0 Å². The first-order valence-corrected chi connectivity index (χ1v) is 7.19. The summed E-state index contributed by atoms with van der Waals surface area (Å²) in [5.41, 5.74) is 8.22. The molecule has 116 valence electrons. The fraction of sp³-hybridized carbons (Fsp3) is 0.118. The van der Waals surface area contributed by atoms with Crippen LogP contribution in [0.15, 0.2) is 42.5 Å². The van der Waals surface area contributed by atoms with Crippen LogP contribution < -0.4 is 16.4 Å². The zero-order chi connectivity index (χ0) is 16.4. The highest BCUT2D eigenvalue weighted by Gasteiger charge is 2.07. The van der Waals surface area contributed by atoms with E-state index < -0.39 is 6.03 Å². The van der Waals surface area contributed by atoms with Crippen molar-refractivity contribution in [2.75, 3.05) is 16.4 Å². The summed E-state index contributed by atoms with van der Waals surface area (Å²) in [4.78, 5) is 20.1. The maximum Gasteiger partial charge on any atom is 0.326 e. The van der Waals surface area contributed by atoms with E-state index in [-0.39, 0.29) is 5.95 Å². The average Bonchev–Trinajstić information content (AvgIpc) is 2.46. The first-order valence-electron chi connectivity index (χ1n) is 7.19. The normalized spacial score (nSPS) is 10.5. The maximum absolute atomic E-state index is 12.1. The molecule has 0 aliphatic carbocycles. The molecule has 1 heterocycles. The van der Waals surface area contributed by atoms with E-state index in [2.05, 4.69) is 26.7 Å². The molecule has 0 atom stereocenters. The van der Waals surface area contributed by atoms with E-state index in [1.807, 2.05) is 37.3 Å². The van der Waals surface area contributed by atoms with Crippen LogP contribution in [0.1, 0.15) is 11.3 Å². The van der Waals surface area contributed by atoms with Crippen LogP contribution in [0.2, 0.25) is 0 Å². The van der Waals surface area contributed by atoms with Crippen molar-refractivity contribution in [2.24, 2.45) is 0 Å². The van der Waals surface area contributed by atoms with E-state index in [0.717, 1.165) is 10.8 Å². The lowest BCUT2D eigenvalue weighted by Crippen LogP contribution is -2.21. The third kappa shape index (κ3) is 3.55. The van der Waals surface area contributed by atoms with Gasteiger partial charge in [-0.05, 0) is 36.8 Å². The van der Waals surface area contributed by atoms with Gasteiger partial charge in [0.1, 0.15) is 5.82 Å². The van der Waals surface area contributed by atoms with Gasteiger partial charge in [0.2, 0.25) is 5.95 Å². The van der Waals surface area contributed by atoms with Crippen LogP contribution in [-0.2, 0) is 0 Å². The lowest BCUT2D eigenvalue weighted by atomic mass is 10.1. The second-order valence-electron chi connectivity index (χ2n) is 5.40. The second kappa shape index (κ2) is 5.92.